The van der Waals surface area contributed by atoms with Crippen LogP contribution in [0.15, 0.2) is 23.3 Å². The third-order valence-corrected chi connectivity index (χ3v) is 2.84. The quantitative estimate of drug-likeness (QED) is 0.310. The minimum Gasteiger partial charge on any atom is -0.399 e. The van der Waals surface area contributed by atoms with E-state index in [1.807, 2.05) is 6.92 Å². The Morgan fingerprint density at radius 1 is 1.44 bits per heavy atom. The second-order valence-electron chi connectivity index (χ2n) is 4.07. The maximum atomic E-state index is 9.97. The number of nitrogen functional groups attached to an aromatic ring is 1. The summed E-state index contributed by atoms with van der Waals surface area (Å²) in [7, 11) is 0. The van der Waals surface area contributed by atoms with E-state index in [1.54, 1.807) is 18.2 Å². The average molecular weight is 250 g/mol. The van der Waals surface area contributed by atoms with Gasteiger partial charge in [0, 0.05) is 17.1 Å². The fraction of sp³-hybridized carbons (Fsp3) is 0.500. The average Bonchev–Trinajstić information content (AvgIpc) is 2.38. The number of benzene rings is 1. The Hall–Kier alpha value is -1.75. The minimum absolute atomic E-state index is 0.157. The number of aryl methyl sites for hydroxylation is 1. The van der Waals surface area contributed by atoms with Gasteiger partial charge in [0.1, 0.15) is 6.10 Å². The predicted octanol–water partition coefficient (Wildman–Crippen LogP) is 1.93. The maximum Gasteiger partial charge on any atom is 0.105 e. The van der Waals surface area contributed by atoms with Gasteiger partial charge in [0.05, 0.1) is 6.10 Å². The molecule has 2 atom stereocenters. The molecule has 0 aliphatic rings. The van der Waals surface area contributed by atoms with Crippen LogP contribution < -0.4 is 5.73 Å². The number of nitrogens with zero attached hydrogens (tertiary/aromatic N) is 3. The molecule has 18 heavy (non-hydrogen) atoms. The summed E-state index contributed by atoms with van der Waals surface area (Å²) in [5, 5.41) is 23.1. The molecule has 2 unspecified atom stereocenters. The Kier molecular flexibility index (Phi) is 5.45. The van der Waals surface area contributed by atoms with Gasteiger partial charge in [-0.15, -0.1) is 0 Å². The Bertz CT molecular complexity index is 444. The van der Waals surface area contributed by atoms with Crippen molar-refractivity contribution in [3.8, 4) is 0 Å². The van der Waals surface area contributed by atoms with Crippen molar-refractivity contribution in [1.82, 2.24) is 0 Å². The van der Waals surface area contributed by atoms with Crippen LogP contribution in [0.1, 0.15) is 30.6 Å². The van der Waals surface area contributed by atoms with Crippen LogP contribution in [-0.4, -0.2) is 22.9 Å². The molecule has 0 fully saturated rings. The maximum absolute atomic E-state index is 9.97. The molecule has 0 aromatic heterocycles. The summed E-state index contributed by atoms with van der Waals surface area (Å²) in [5.74, 6) is 0. The van der Waals surface area contributed by atoms with Crippen LogP contribution in [0.25, 0.3) is 10.4 Å². The normalized spacial score (nSPS) is 13.7. The number of anilines is 1. The van der Waals surface area contributed by atoms with Crippen LogP contribution >= 0.6 is 0 Å². The number of hydrogen-bond acceptors (Lipinski definition) is 4. The van der Waals surface area contributed by atoms with Gasteiger partial charge in [-0.05, 0) is 35.6 Å². The van der Waals surface area contributed by atoms with Crippen LogP contribution in [0.3, 0.4) is 0 Å². The molecule has 1 aromatic carbocycles. The molecule has 0 spiro atoms. The molecule has 0 saturated carbocycles. The number of hydrogen-bond donors (Lipinski definition) is 3. The molecule has 0 bridgehead atoms. The summed E-state index contributed by atoms with van der Waals surface area (Å²) in [6.07, 6.45) is -0.966. The lowest BCUT2D eigenvalue weighted by molar-refractivity contribution is 0.0150. The predicted molar refractivity (Wildman–Crippen MR) is 69.8 cm³/mol. The van der Waals surface area contributed by atoms with E-state index in [0.717, 1.165) is 12.0 Å². The monoisotopic (exact) mass is 250 g/mol. The molecule has 6 nitrogen and oxygen atoms in total. The molecule has 6 heteroatoms. The van der Waals surface area contributed by atoms with Crippen molar-refractivity contribution in [3.05, 3.63) is 39.8 Å². The number of nitrogens with two attached hydrogens (primary N) is 1. The third kappa shape index (κ3) is 3.63. The first-order chi connectivity index (χ1) is 8.60. The first kappa shape index (κ1) is 14.3. The van der Waals surface area contributed by atoms with Gasteiger partial charge in [-0.25, -0.2) is 0 Å². The lowest BCUT2D eigenvalue weighted by atomic mass is 9.98. The highest BCUT2D eigenvalue weighted by Gasteiger charge is 2.18. The standard InChI is InChI=1S/C12H18N4O2/c1-2-8-7-9(3-4-10(8)13)12(18)11(17)5-6-15-16-14/h3-4,7,11-12,17-18H,2,5-6,13H2,1H3. The molecule has 0 radical (unpaired) electrons. The van der Waals surface area contributed by atoms with Crippen LogP contribution in [-0.2, 0) is 6.42 Å². The highest BCUT2D eigenvalue weighted by Crippen LogP contribution is 2.23. The second kappa shape index (κ2) is 6.86. The highest BCUT2D eigenvalue weighted by atomic mass is 16.3. The molecule has 0 aliphatic heterocycles. The molecule has 1 aromatic rings. The number of rotatable bonds is 6. The fourth-order valence-corrected chi connectivity index (χ4v) is 1.73. The molecular weight excluding hydrogens is 232 g/mol. The van der Waals surface area contributed by atoms with Gasteiger partial charge in [0.2, 0.25) is 0 Å². The Balaban J connectivity index is 2.76. The molecule has 1 rings (SSSR count). The summed E-state index contributed by atoms with van der Waals surface area (Å²) < 4.78 is 0. The smallest absolute Gasteiger partial charge is 0.105 e. The Morgan fingerprint density at radius 2 is 2.17 bits per heavy atom. The third-order valence-electron chi connectivity index (χ3n) is 2.84. The van der Waals surface area contributed by atoms with Gasteiger partial charge in [0.15, 0.2) is 0 Å². The Morgan fingerprint density at radius 3 is 2.78 bits per heavy atom. The first-order valence-corrected chi connectivity index (χ1v) is 5.85. The summed E-state index contributed by atoms with van der Waals surface area (Å²) in [6.45, 7) is 2.13. The van der Waals surface area contributed by atoms with E-state index >= 15 is 0 Å². The van der Waals surface area contributed by atoms with Crippen LogP contribution in [0.4, 0.5) is 5.69 Å². The van der Waals surface area contributed by atoms with E-state index in [2.05, 4.69) is 10.0 Å². The molecule has 0 saturated heterocycles. The van der Waals surface area contributed by atoms with E-state index < -0.39 is 12.2 Å². The van der Waals surface area contributed by atoms with Crippen LogP contribution in [0.2, 0.25) is 0 Å². The second-order valence-corrected chi connectivity index (χ2v) is 4.07. The zero-order chi connectivity index (χ0) is 13.5. The summed E-state index contributed by atoms with van der Waals surface area (Å²) in [4.78, 5) is 2.59. The van der Waals surface area contributed by atoms with E-state index in [-0.39, 0.29) is 13.0 Å². The summed E-state index contributed by atoms with van der Waals surface area (Å²) in [5.41, 5.74) is 16.1. The fourth-order valence-electron chi connectivity index (χ4n) is 1.73. The molecule has 0 heterocycles. The van der Waals surface area contributed by atoms with Gasteiger partial charge in [-0.2, -0.15) is 0 Å². The lowest BCUT2D eigenvalue weighted by Crippen LogP contribution is -2.19. The zero-order valence-corrected chi connectivity index (χ0v) is 10.3. The van der Waals surface area contributed by atoms with Gasteiger partial charge in [0.25, 0.3) is 0 Å². The van der Waals surface area contributed by atoms with Gasteiger partial charge in [-0.1, -0.05) is 24.2 Å². The van der Waals surface area contributed by atoms with E-state index in [0.29, 0.717) is 11.3 Å². The highest BCUT2D eigenvalue weighted by molar-refractivity contribution is 5.49. The number of azide groups is 1. The zero-order valence-electron chi connectivity index (χ0n) is 10.3. The van der Waals surface area contributed by atoms with E-state index in [1.165, 1.54) is 0 Å². The molecular formula is C12H18N4O2. The SMILES string of the molecule is CCc1cc(C(O)C(O)CCN=[N+]=[N-])ccc1N. The summed E-state index contributed by atoms with van der Waals surface area (Å²) in [6, 6.07) is 5.20. The van der Waals surface area contributed by atoms with Crippen molar-refractivity contribution in [2.45, 2.75) is 32.0 Å². The molecule has 0 aliphatic carbocycles. The Labute approximate surface area is 106 Å². The lowest BCUT2D eigenvalue weighted by Gasteiger charge is -2.18. The van der Waals surface area contributed by atoms with E-state index in [9.17, 15) is 10.2 Å². The van der Waals surface area contributed by atoms with Crippen LogP contribution in [0, 0.1) is 0 Å². The number of aliphatic hydroxyl groups excluding tert-OH is 2. The van der Waals surface area contributed by atoms with E-state index in [4.69, 9.17) is 11.3 Å². The molecule has 4 N–H and O–H groups in total. The van der Waals surface area contributed by atoms with Crippen molar-refractivity contribution in [3.63, 3.8) is 0 Å². The first-order valence-electron chi connectivity index (χ1n) is 5.85. The van der Waals surface area contributed by atoms with Crippen molar-refractivity contribution in [2.24, 2.45) is 5.11 Å². The largest absolute Gasteiger partial charge is 0.399 e. The molecule has 0 amide bonds. The number of aliphatic hydroxyl groups is 2. The van der Waals surface area contributed by atoms with Gasteiger partial charge in [-0.3, -0.25) is 0 Å². The van der Waals surface area contributed by atoms with Crippen molar-refractivity contribution >= 4 is 5.69 Å². The molecule has 98 valence electrons. The van der Waals surface area contributed by atoms with Gasteiger partial charge >= 0.3 is 0 Å². The minimum atomic E-state index is -0.996. The van der Waals surface area contributed by atoms with Crippen LogP contribution in [0.5, 0.6) is 0 Å². The van der Waals surface area contributed by atoms with Gasteiger partial charge < -0.3 is 15.9 Å². The van der Waals surface area contributed by atoms with Crippen molar-refractivity contribution < 1.29 is 10.2 Å². The topological polar surface area (TPSA) is 115 Å². The summed E-state index contributed by atoms with van der Waals surface area (Å²) >= 11 is 0. The van der Waals surface area contributed by atoms with Crippen molar-refractivity contribution in [2.75, 3.05) is 12.3 Å². The van der Waals surface area contributed by atoms with Crippen molar-refractivity contribution in [1.29, 1.82) is 0 Å².